The Hall–Kier alpha value is -0.610. The Morgan fingerprint density at radius 2 is 1.75 bits per heavy atom. The lowest BCUT2D eigenvalue weighted by atomic mass is 10.0. The molecule has 2 rings (SSSR count). The van der Waals surface area contributed by atoms with Gasteiger partial charge in [-0.15, -0.1) is 0 Å². The molecule has 4 nitrogen and oxygen atoms in total. The van der Waals surface area contributed by atoms with Crippen molar-refractivity contribution >= 4 is 5.84 Å². The topological polar surface area (TPSA) is 56.4 Å². The molecule has 1 aliphatic heterocycles. The number of nitrogens with one attached hydrogen (secondary N) is 1. The van der Waals surface area contributed by atoms with Gasteiger partial charge in [-0.05, 0) is 24.8 Å². The Morgan fingerprint density at radius 1 is 1.19 bits per heavy atom. The molecule has 0 atom stereocenters. The van der Waals surface area contributed by atoms with Crippen LogP contribution in [0.3, 0.4) is 0 Å². The lowest BCUT2D eigenvalue weighted by Gasteiger charge is -2.36. The fourth-order valence-corrected chi connectivity index (χ4v) is 2.71. The number of hydrogen-bond donors (Lipinski definition) is 2. The first-order valence-corrected chi connectivity index (χ1v) is 6.41. The van der Waals surface area contributed by atoms with E-state index >= 15 is 0 Å². The molecule has 0 amide bonds. The first kappa shape index (κ1) is 11.9. The maximum atomic E-state index is 7.42. The van der Waals surface area contributed by atoms with Gasteiger partial charge in [-0.1, -0.05) is 6.92 Å². The van der Waals surface area contributed by atoms with Crippen molar-refractivity contribution < 1.29 is 0 Å². The van der Waals surface area contributed by atoms with Gasteiger partial charge in [0.05, 0.1) is 5.84 Å². The Labute approximate surface area is 98.3 Å². The smallest absolute Gasteiger partial charge is 0.0911 e. The number of nitrogens with two attached hydrogens (primary N) is 1. The molecule has 92 valence electrons. The lowest BCUT2D eigenvalue weighted by Crippen LogP contribution is -2.48. The average Bonchev–Trinajstić information content (AvgIpc) is 2.98. The summed E-state index contributed by atoms with van der Waals surface area (Å²) < 4.78 is 0. The predicted molar refractivity (Wildman–Crippen MR) is 66.8 cm³/mol. The van der Waals surface area contributed by atoms with Gasteiger partial charge in [0.25, 0.3) is 0 Å². The van der Waals surface area contributed by atoms with Crippen LogP contribution in [0, 0.1) is 10.8 Å². The van der Waals surface area contributed by atoms with Gasteiger partial charge in [-0.3, -0.25) is 5.41 Å². The Kier molecular flexibility index (Phi) is 3.50. The van der Waals surface area contributed by atoms with Gasteiger partial charge in [0.15, 0.2) is 0 Å². The Balaban J connectivity index is 1.76. The zero-order valence-corrected chi connectivity index (χ0v) is 10.3. The van der Waals surface area contributed by atoms with E-state index in [9.17, 15) is 0 Å². The molecule has 0 spiro atoms. The van der Waals surface area contributed by atoms with Crippen molar-refractivity contribution in [1.29, 1.82) is 5.41 Å². The van der Waals surface area contributed by atoms with Crippen LogP contribution in [0.5, 0.6) is 0 Å². The third-order valence-electron chi connectivity index (χ3n) is 3.99. The van der Waals surface area contributed by atoms with Crippen molar-refractivity contribution in [3.63, 3.8) is 0 Å². The largest absolute Gasteiger partial charge is 0.388 e. The Morgan fingerprint density at radius 3 is 2.19 bits per heavy atom. The number of nitrogens with zero attached hydrogens (tertiary/aromatic N) is 2. The molecule has 2 fully saturated rings. The third-order valence-corrected chi connectivity index (χ3v) is 3.99. The molecule has 0 unspecified atom stereocenters. The van der Waals surface area contributed by atoms with Crippen LogP contribution in [0.15, 0.2) is 0 Å². The summed E-state index contributed by atoms with van der Waals surface area (Å²) in [5, 5.41) is 7.42. The summed E-state index contributed by atoms with van der Waals surface area (Å²) in [7, 11) is 0. The fourth-order valence-electron chi connectivity index (χ4n) is 2.71. The molecule has 1 saturated carbocycles. The summed E-state index contributed by atoms with van der Waals surface area (Å²) >= 11 is 0. The second-order valence-corrected chi connectivity index (χ2v) is 5.41. The second kappa shape index (κ2) is 4.72. The van der Waals surface area contributed by atoms with E-state index in [1.165, 1.54) is 45.6 Å². The minimum absolute atomic E-state index is 0.365. The van der Waals surface area contributed by atoms with Gasteiger partial charge >= 0.3 is 0 Å². The van der Waals surface area contributed by atoms with Crippen LogP contribution in [0.25, 0.3) is 0 Å². The average molecular weight is 224 g/mol. The summed E-state index contributed by atoms with van der Waals surface area (Å²) in [5.74, 6) is 0.365. The van der Waals surface area contributed by atoms with E-state index in [0.29, 0.717) is 11.3 Å². The molecule has 0 radical (unpaired) electrons. The minimum Gasteiger partial charge on any atom is -0.388 e. The highest BCUT2D eigenvalue weighted by atomic mass is 15.3. The highest BCUT2D eigenvalue weighted by molar-refractivity contribution is 5.78. The summed E-state index contributed by atoms with van der Waals surface area (Å²) in [6, 6.07) is 0. The summed E-state index contributed by atoms with van der Waals surface area (Å²) in [4.78, 5) is 5.06. The SMILES string of the molecule is CCN1CCN(CC2(CC(=N)N)CC2)CC1. The molecule has 0 aromatic carbocycles. The Bertz CT molecular complexity index is 252. The zero-order valence-electron chi connectivity index (χ0n) is 10.3. The monoisotopic (exact) mass is 224 g/mol. The first-order chi connectivity index (χ1) is 7.63. The van der Waals surface area contributed by atoms with Crippen LogP contribution < -0.4 is 5.73 Å². The van der Waals surface area contributed by atoms with Crippen molar-refractivity contribution in [3.05, 3.63) is 0 Å². The molecular weight excluding hydrogens is 200 g/mol. The van der Waals surface area contributed by atoms with Crippen LogP contribution in [0.2, 0.25) is 0 Å². The highest BCUT2D eigenvalue weighted by Crippen LogP contribution is 2.49. The van der Waals surface area contributed by atoms with E-state index in [0.717, 1.165) is 13.0 Å². The van der Waals surface area contributed by atoms with Crippen molar-refractivity contribution in [3.8, 4) is 0 Å². The van der Waals surface area contributed by atoms with Crippen LogP contribution in [-0.2, 0) is 0 Å². The second-order valence-electron chi connectivity index (χ2n) is 5.41. The van der Waals surface area contributed by atoms with Gasteiger partial charge in [-0.2, -0.15) is 0 Å². The fraction of sp³-hybridized carbons (Fsp3) is 0.917. The van der Waals surface area contributed by atoms with E-state index in [2.05, 4.69) is 16.7 Å². The molecular formula is C12H24N4. The highest BCUT2D eigenvalue weighted by Gasteiger charge is 2.44. The normalized spacial score (nSPS) is 25.6. The van der Waals surface area contributed by atoms with E-state index < -0.39 is 0 Å². The lowest BCUT2D eigenvalue weighted by molar-refractivity contribution is 0.118. The maximum absolute atomic E-state index is 7.42. The van der Waals surface area contributed by atoms with Gasteiger partial charge in [0.1, 0.15) is 0 Å². The van der Waals surface area contributed by atoms with Gasteiger partial charge in [-0.25, -0.2) is 0 Å². The molecule has 0 bridgehead atoms. The molecule has 2 aliphatic rings. The predicted octanol–water partition coefficient (Wildman–Crippen LogP) is 0.730. The van der Waals surface area contributed by atoms with Crippen LogP contribution >= 0.6 is 0 Å². The van der Waals surface area contributed by atoms with Crippen molar-refractivity contribution in [2.24, 2.45) is 11.1 Å². The number of rotatable bonds is 5. The molecule has 1 heterocycles. The first-order valence-electron chi connectivity index (χ1n) is 6.41. The van der Waals surface area contributed by atoms with Crippen LogP contribution in [0.4, 0.5) is 0 Å². The van der Waals surface area contributed by atoms with E-state index in [1.54, 1.807) is 0 Å². The molecule has 16 heavy (non-hydrogen) atoms. The molecule has 1 aliphatic carbocycles. The number of likely N-dealkylation sites (N-methyl/N-ethyl adjacent to an activating group) is 1. The van der Waals surface area contributed by atoms with E-state index in [4.69, 9.17) is 11.1 Å². The van der Waals surface area contributed by atoms with Crippen LogP contribution in [-0.4, -0.2) is 54.9 Å². The quantitative estimate of drug-likeness (QED) is 0.535. The molecule has 1 saturated heterocycles. The van der Waals surface area contributed by atoms with Gasteiger partial charge < -0.3 is 15.5 Å². The number of piperazine rings is 1. The summed E-state index contributed by atoms with van der Waals surface area (Å²) in [5.41, 5.74) is 5.90. The minimum atomic E-state index is 0.365. The molecule has 3 N–H and O–H groups in total. The summed E-state index contributed by atoms with van der Waals surface area (Å²) in [6.45, 7) is 9.34. The van der Waals surface area contributed by atoms with Crippen molar-refractivity contribution in [2.45, 2.75) is 26.2 Å². The third kappa shape index (κ3) is 2.95. The zero-order chi connectivity index (χ0) is 11.6. The van der Waals surface area contributed by atoms with Crippen molar-refractivity contribution in [2.75, 3.05) is 39.3 Å². The van der Waals surface area contributed by atoms with Gasteiger partial charge in [0, 0.05) is 39.1 Å². The molecule has 0 aromatic rings. The molecule has 4 heteroatoms. The van der Waals surface area contributed by atoms with E-state index in [1.807, 2.05) is 0 Å². The number of hydrogen-bond acceptors (Lipinski definition) is 3. The molecule has 0 aromatic heterocycles. The van der Waals surface area contributed by atoms with E-state index in [-0.39, 0.29) is 0 Å². The maximum Gasteiger partial charge on any atom is 0.0911 e. The van der Waals surface area contributed by atoms with Gasteiger partial charge in [0.2, 0.25) is 0 Å². The van der Waals surface area contributed by atoms with Crippen LogP contribution in [0.1, 0.15) is 26.2 Å². The van der Waals surface area contributed by atoms with Crippen molar-refractivity contribution in [1.82, 2.24) is 9.80 Å². The summed E-state index contributed by atoms with van der Waals surface area (Å²) in [6.07, 6.45) is 3.34. The standard InChI is InChI=1S/C12H24N4/c1-2-15-5-7-16(8-6-15)10-12(3-4-12)9-11(13)14/h2-10H2,1H3,(H3,13,14). The number of amidine groups is 1.